The van der Waals surface area contributed by atoms with Crippen LogP contribution in [-0.2, 0) is 13.2 Å². The molecule has 0 aromatic heterocycles. The van der Waals surface area contributed by atoms with Crippen LogP contribution >= 0.6 is 12.4 Å². The number of hydrogen-bond acceptors (Lipinski definition) is 4. The predicted molar refractivity (Wildman–Crippen MR) is 119 cm³/mol. The van der Waals surface area contributed by atoms with Gasteiger partial charge in [0.2, 0.25) is 0 Å². The molecule has 5 heteroatoms. The second-order valence-corrected chi connectivity index (χ2v) is 6.82. The minimum Gasteiger partial charge on any atom is -0.493 e. The van der Waals surface area contributed by atoms with E-state index in [1.807, 2.05) is 54.6 Å². The summed E-state index contributed by atoms with van der Waals surface area (Å²) in [5, 5.41) is 13.5. The standard InChI is InChI=1S/C24H27NO3.ClH/c1-18-7-6-8-20(13-18)17-28-23-12-11-19(14-24(23)27-2)15-25-16-22(26)21-9-4-3-5-10-21;/h3-14,22,25-26H,15-17H2,1-2H3;1H. The van der Waals surface area contributed by atoms with Gasteiger partial charge in [-0.25, -0.2) is 0 Å². The first kappa shape index (κ1) is 22.8. The molecule has 154 valence electrons. The molecular formula is C24H28ClNO3. The van der Waals surface area contributed by atoms with Gasteiger partial charge in [0.05, 0.1) is 13.2 Å². The molecule has 0 heterocycles. The third kappa shape index (κ3) is 6.79. The summed E-state index contributed by atoms with van der Waals surface area (Å²) in [5.74, 6) is 1.42. The first-order valence-corrected chi connectivity index (χ1v) is 9.44. The highest BCUT2D eigenvalue weighted by Crippen LogP contribution is 2.29. The van der Waals surface area contributed by atoms with Crippen molar-refractivity contribution in [3.05, 3.63) is 95.1 Å². The smallest absolute Gasteiger partial charge is 0.161 e. The predicted octanol–water partition coefficient (Wildman–Crippen LogP) is 4.83. The zero-order valence-corrected chi connectivity index (χ0v) is 17.6. The molecule has 0 saturated heterocycles. The van der Waals surface area contributed by atoms with E-state index in [4.69, 9.17) is 9.47 Å². The monoisotopic (exact) mass is 413 g/mol. The second kappa shape index (κ2) is 11.5. The van der Waals surface area contributed by atoms with Crippen molar-refractivity contribution >= 4 is 12.4 Å². The lowest BCUT2D eigenvalue weighted by Crippen LogP contribution is -2.21. The Morgan fingerprint density at radius 2 is 1.69 bits per heavy atom. The number of aliphatic hydroxyl groups excluding tert-OH is 1. The van der Waals surface area contributed by atoms with Crippen molar-refractivity contribution in [3.63, 3.8) is 0 Å². The third-order valence-electron chi connectivity index (χ3n) is 4.56. The molecular weight excluding hydrogens is 386 g/mol. The topological polar surface area (TPSA) is 50.7 Å². The van der Waals surface area contributed by atoms with Crippen LogP contribution in [0, 0.1) is 6.92 Å². The zero-order valence-electron chi connectivity index (χ0n) is 16.8. The van der Waals surface area contributed by atoms with Crippen LogP contribution in [0.1, 0.15) is 28.4 Å². The molecule has 1 atom stereocenters. The van der Waals surface area contributed by atoms with Gasteiger partial charge in [-0.1, -0.05) is 66.2 Å². The largest absolute Gasteiger partial charge is 0.493 e. The van der Waals surface area contributed by atoms with Crippen LogP contribution in [0.2, 0.25) is 0 Å². The van der Waals surface area contributed by atoms with Gasteiger partial charge in [0.15, 0.2) is 11.5 Å². The minimum atomic E-state index is -0.528. The maximum Gasteiger partial charge on any atom is 0.161 e. The van der Waals surface area contributed by atoms with Gasteiger partial charge in [0.1, 0.15) is 6.61 Å². The van der Waals surface area contributed by atoms with E-state index in [2.05, 4.69) is 30.4 Å². The van der Waals surface area contributed by atoms with Crippen molar-refractivity contribution < 1.29 is 14.6 Å². The number of aryl methyl sites for hydroxylation is 1. The molecule has 29 heavy (non-hydrogen) atoms. The SMILES string of the molecule is COc1cc(CNCC(O)c2ccccc2)ccc1OCc1cccc(C)c1.Cl. The Morgan fingerprint density at radius 1 is 0.897 bits per heavy atom. The summed E-state index contributed by atoms with van der Waals surface area (Å²) in [6.45, 7) is 3.69. The molecule has 0 aliphatic rings. The van der Waals surface area contributed by atoms with Crippen LogP contribution in [0.25, 0.3) is 0 Å². The maximum atomic E-state index is 10.2. The van der Waals surface area contributed by atoms with Crippen LogP contribution in [0.3, 0.4) is 0 Å². The molecule has 0 fully saturated rings. The number of halogens is 1. The average molecular weight is 414 g/mol. The summed E-state index contributed by atoms with van der Waals surface area (Å²) >= 11 is 0. The number of methoxy groups -OCH3 is 1. The summed E-state index contributed by atoms with van der Waals surface area (Å²) < 4.78 is 11.4. The van der Waals surface area contributed by atoms with E-state index >= 15 is 0 Å². The van der Waals surface area contributed by atoms with Crippen molar-refractivity contribution in [2.45, 2.75) is 26.2 Å². The Morgan fingerprint density at radius 3 is 2.41 bits per heavy atom. The van der Waals surface area contributed by atoms with Gasteiger partial charge in [0.25, 0.3) is 0 Å². The first-order chi connectivity index (χ1) is 13.7. The Hall–Kier alpha value is -2.53. The molecule has 4 nitrogen and oxygen atoms in total. The molecule has 0 aliphatic heterocycles. The molecule has 3 rings (SSSR count). The lowest BCUT2D eigenvalue weighted by atomic mass is 10.1. The highest BCUT2D eigenvalue weighted by molar-refractivity contribution is 5.85. The molecule has 2 N–H and O–H groups in total. The number of aliphatic hydroxyl groups is 1. The van der Waals surface area contributed by atoms with Gasteiger partial charge >= 0.3 is 0 Å². The van der Waals surface area contributed by atoms with Crippen LogP contribution in [0.15, 0.2) is 72.8 Å². The average Bonchev–Trinajstić information content (AvgIpc) is 2.73. The van der Waals surface area contributed by atoms with Crippen LogP contribution in [0.4, 0.5) is 0 Å². The third-order valence-corrected chi connectivity index (χ3v) is 4.56. The van der Waals surface area contributed by atoms with Crippen molar-refractivity contribution in [3.8, 4) is 11.5 Å². The first-order valence-electron chi connectivity index (χ1n) is 9.44. The summed E-state index contributed by atoms with van der Waals surface area (Å²) in [4.78, 5) is 0. The number of rotatable bonds is 9. The van der Waals surface area contributed by atoms with E-state index in [0.29, 0.717) is 25.4 Å². The molecule has 0 amide bonds. The number of nitrogens with one attached hydrogen (secondary N) is 1. The van der Waals surface area contributed by atoms with Gasteiger partial charge in [-0.2, -0.15) is 0 Å². The summed E-state index contributed by atoms with van der Waals surface area (Å²) in [5.41, 5.74) is 4.32. The Balaban J connectivity index is 0.00000300. The normalized spacial score (nSPS) is 11.4. The number of benzene rings is 3. The van der Waals surface area contributed by atoms with Gasteiger partial charge < -0.3 is 19.9 Å². The summed E-state index contributed by atoms with van der Waals surface area (Å²) in [7, 11) is 1.64. The molecule has 0 saturated carbocycles. The lowest BCUT2D eigenvalue weighted by molar-refractivity contribution is 0.174. The maximum absolute atomic E-state index is 10.2. The van der Waals surface area contributed by atoms with Crippen molar-refractivity contribution in [1.29, 1.82) is 0 Å². The van der Waals surface area contributed by atoms with Gasteiger partial charge in [-0.05, 0) is 35.7 Å². The molecule has 0 bridgehead atoms. The van der Waals surface area contributed by atoms with Gasteiger partial charge in [-0.15, -0.1) is 12.4 Å². The fourth-order valence-electron chi connectivity index (χ4n) is 3.05. The van der Waals surface area contributed by atoms with Crippen LogP contribution < -0.4 is 14.8 Å². The minimum absolute atomic E-state index is 0. The van der Waals surface area contributed by atoms with E-state index in [9.17, 15) is 5.11 Å². The van der Waals surface area contributed by atoms with E-state index < -0.39 is 6.10 Å². The van der Waals surface area contributed by atoms with E-state index in [1.165, 1.54) is 5.56 Å². The summed E-state index contributed by atoms with van der Waals surface area (Å²) in [6, 6.07) is 23.8. The quantitative estimate of drug-likeness (QED) is 0.527. The molecule has 0 spiro atoms. The second-order valence-electron chi connectivity index (χ2n) is 6.82. The molecule has 3 aromatic carbocycles. The van der Waals surface area contributed by atoms with Crippen molar-refractivity contribution in [2.24, 2.45) is 0 Å². The van der Waals surface area contributed by atoms with Crippen LogP contribution in [-0.4, -0.2) is 18.8 Å². The molecule has 0 aliphatic carbocycles. The van der Waals surface area contributed by atoms with Crippen molar-refractivity contribution in [2.75, 3.05) is 13.7 Å². The van der Waals surface area contributed by atoms with Gasteiger partial charge in [-0.3, -0.25) is 0 Å². The fraction of sp³-hybridized carbons (Fsp3) is 0.250. The van der Waals surface area contributed by atoms with Crippen LogP contribution in [0.5, 0.6) is 11.5 Å². The zero-order chi connectivity index (χ0) is 19.8. The lowest BCUT2D eigenvalue weighted by Gasteiger charge is -2.14. The van der Waals surface area contributed by atoms with Crippen molar-refractivity contribution in [1.82, 2.24) is 5.32 Å². The Bertz CT molecular complexity index is 886. The van der Waals surface area contributed by atoms with E-state index in [0.717, 1.165) is 22.4 Å². The number of hydrogen-bond donors (Lipinski definition) is 2. The summed E-state index contributed by atoms with van der Waals surface area (Å²) in [6.07, 6.45) is -0.528. The Kier molecular flexibility index (Phi) is 9.00. The molecule has 0 radical (unpaired) electrons. The highest BCUT2D eigenvalue weighted by Gasteiger charge is 2.09. The highest BCUT2D eigenvalue weighted by atomic mass is 35.5. The number of ether oxygens (including phenoxy) is 2. The molecule has 1 unspecified atom stereocenters. The fourth-order valence-corrected chi connectivity index (χ4v) is 3.05. The molecule has 3 aromatic rings. The van der Waals surface area contributed by atoms with E-state index in [-0.39, 0.29) is 12.4 Å². The van der Waals surface area contributed by atoms with E-state index in [1.54, 1.807) is 7.11 Å². The Labute approximate surface area is 178 Å². The van der Waals surface area contributed by atoms with Gasteiger partial charge in [0, 0.05) is 13.1 Å².